The van der Waals surface area contributed by atoms with Gasteiger partial charge in [0.25, 0.3) is 5.91 Å². The van der Waals surface area contributed by atoms with Crippen molar-refractivity contribution in [3.8, 4) is 0 Å². The summed E-state index contributed by atoms with van der Waals surface area (Å²) in [5.41, 5.74) is 2.64. The van der Waals surface area contributed by atoms with Crippen molar-refractivity contribution in [3.63, 3.8) is 0 Å². The van der Waals surface area contributed by atoms with E-state index in [9.17, 15) is 9.18 Å². The van der Waals surface area contributed by atoms with E-state index in [2.05, 4.69) is 5.32 Å². The van der Waals surface area contributed by atoms with Crippen molar-refractivity contribution in [1.82, 2.24) is 5.32 Å². The van der Waals surface area contributed by atoms with E-state index in [1.165, 1.54) is 12.1 Å². The molecule has 0 bridgehead atoms. The van der Waals surface area contributed by atoms with Crippen molar-refractivity contribution in [2.45, 2.75) is 24.3 Å². The number of aryl methyl sites for hydroxylation is 1. The third-order valence-corrected chi connectivity index (χ3v) is 4.75. The Balaban J connectivity index is 1.81. The minimum atomic E-state index is -0.258. The van der Waals surface area contributed by atoms with E-state index in [0.717, 1.165) is 28.2 Å². The van der Waals surface area contributed by atoms with Crippen LogP contribution in [0.4, 0.5) is 4.39 Å². The maximum Gasteiger partial charge on any atom is 0.251 e. The highest BCUT2D eigenvalue weighted by Crippen LogP contribution is 2.36. The number of fused-ring (bicyclic) bond motifs is 1. The molecule has 0 saturated heterocycles. The Morgan fingerprint density at radius 2 is 2.00 bits per heavy atom. The molecule has 1 heterocycles. The standard InChI is InChI=1S/C17H16FNOS/c1-11-2-4-12(5-3-11)17(20)19-15-8-9-21-16-7-6-13(18)10-14(15)16/h2-7,10,15H,8-9H2,1H3,(H,19,20). The van der Waals surface area contributed by atoms with Gasteiger partial charge in [0, 0.05) is 16.2 Å². The first kappa shape index (κ1) is 14.1. The van der Waals surface area contributed by atoms with Gasteiger partial charge in [0.15, 0.2) is 0 Å². The number of rotatable bonds is 2. The molecular weight excluding hydrogens is 285 g/mol. The number of hydrogen-bond donors (Lipinski definition) is 1. The zero-order valence-corrected chi connectivity index (χ0v) is 12.5. The first-order chi connectivity index (χ1) is 10.1. The van der Waals surface area contributed by atoms with Crippen LogP contribution >= 0.6 is 11.8 Å². The molecule has 108 valence electrons. The number of hydrogen-bond acceptors (Lipinski definition) is 2. The highest BCUT2D eigenvalue weighted by molar-refractivity contribution is 7.99. The number of benzene rings is 2. The third-order valence-electron chi connectivity index (χ3n) is 3.63. The molecule has 3 rings (SSSR count). The molecule has 0 saturated carbocycles. The number of carbonyl (C=O) groups is 1. The summed E-state index contributed by atoms with van der Waals surface area (Å²) in [6.07, 6.45) is 0.818. The summed E-state index contributed by atoms with van der Waals surface area (Å²) in [7, 11) is 0. The molecule has 1 N–H and O–H groups in total. The molecule has 1 amide bonds. The van der Waals surface area contributed by atoms with Gasteiger partial charge in [-0.05, 0) is 49.2 Å². The number of nitrogens with one attached hydrogen (secondary N) is 1. The summed E-state index contributed by atoms with van der Waals surface area (Å²) in [4.78, 5) is 13.4. The lowest BCUT2D eigenvalue weighted by molar-refractivity contribution is 0.0935. The molecule has 0 fully saturated rings. The first-order valence-corrected chi connectivity index (χ1v) is 7.92. The van der Waals surface area contributed by atoms with Gasteiger partial charge in [-0.1, -0.05) is 17.7 Å². The van der Waals surface area contributed by atoms with E-state index < -0.39 is 0 Å². The van der Waals surface area contributed by atoms with Crippen LogP contribution in [0.5, 0.6) is 0 Å². The molecule has 4 heteroatoms. The fourth-order valence-electron chi connectivity index (χ4n) is 2.46. The molecule has 0 aliphatic carbocycles. The van der Waals surface area contributed by atoms with Crippen LogP contribution in [0.1, 0.15) is 33.9 Å². The van der Waals surface area contributed by atoms with Crippen molar-refractivity contribution in [1.29, 1.82) is 0 Å². The van der Waals surface area contributed by atoms with Gasteiger partial charge in [-0.15, -0.1) is 11.8 Å². The molecule has 0 aromatic heterocycles. The number of amides is 1. The van der Waals surface area contributed by atoms with Gasteiger partial charge in [-0.25, -0.2) is 4.39 Å². The third kappa shape index (κ3) is 3.10. The molecule has 21 heavy (non-hydrogen) atoms. The topological polar surface area (TPSA) is 29.1 Å². The number of carbonyl (C=O) groups excluding carboxylic acids is 1. The fraction of sp³-hybridized carbons (Fsp3) is 0.235. The highest BCUT2D eigenvalue weighted by atomic mass is 32.2. The second kappa shape index (κ2) is 5.90. The molecule has 2 nitrogen and oxygen atoms in total. The minimum Gasteiger partial charge on any atom is -0.345 e. The first-order valence-electron chi connectivity index (χ1n) is 6.93. The molecule has 1 aliphatic heterocycles. The largest absolute Gasteiger partial charge is 0.345 e. The van der Waals surface area contributed by atoms with Crippen LogP contribution in [0.15, 0.2) is 47.4 Å². The summed E-state index contributed by atoms with van der Waals surface area (Å²) >= 11 is 1.71. The Labute approximate surface area is 127 Å². The zero-order valence-electron chi connectivity index (χ0n) is 11.7. The van der Waals surface area contributed by atoms with Gasteiger partial charge in [-0.3, -0.25) is 4.79 Å². The molecule has 2 aromatic rings. The van der Waals surface area contributed by atoms with Crippen LogP contribution < -0.4 is 5.32 Å². The van der Waals surface area contributed by atoms with Gasteiger partial charge in [0.2, 0.25) is 0 Å². The van der Waals surface area contributed by atoms with E-state index in [1.54, 1.807) is 17.8 Å². The van der Waals surface area contributed by atoms with Gasteiger partial charge in [0.1, 0.15) is 5.82 Å². The predicted octanol–water partition coefficient (Wildman–Crippen LogP) is 4.10. The summed E-state index contributed by atoms with van der Waals surface area (Å²) < 4.78 is 13.5. The average Bonchev–Trinajstić information content (AvgIpc) is 2.48. The molecule has 1 atom stereocenters. The highest BCUT2D eigenvalue weighted by Gasteiger charge is 2.23. The van der Waals surface area contributed by atoms with Gasteiger partial charge in [-0.2, -0.15) is 0 Å². The van der Waals surface area contributed by atoms with E-state index in [0.29, 0.717) is 5.56 Å². The smallest absolute Gasteiger partial charge is 0.251 e. The van der Waals surface area contributed by atoms with Crippen molar-refractivity contribution in [2.24, 2.45) is 0 Å². The van der Waals surface area contributed by atoms with Crippen molar-refractivity contribution in [3.05, 3.63) is 65.0 Å². The van der Waals surface area contributed by atoms with Crippen molar-refractivity contribution in [2.75, 3.05) is 5.75 Å². The minimum absolute atomic E-state index is 0.109. The van der Waals surface area contributed by atoms with Crippen LogP contribution in [-0.2, 0) is 0 Å². The molecule has 1 aliphatic rings. The Kier molecular flexibility index (Phi) is 3.97. The Morgan fingerprint density at radius 1 is 1.24 bits per heavy atom. The van der Waals surface area contributed by atoms with Crippen LogP contribution in [-0.4, -0.2) is 11.7 Å². The summed E-state index contributed by atoms with van der Waals surface area (Å²) in [5.74, 6) is 0.560. The predicted molar refractivity (Wildman–Crippen MR) is 83.1 cm³/mol. The van der Waals surface area contributed by atoms with Crippen molar-refractivity contribution < 1.29 is 9.18 Å². The van der Waals surface area contributed by atoms with Gasteiger partial charge in [0.05, 0.1) is 6.04 Å². The van der Waals surface area contributed by atoms with Crippen LogP contribution in [0.25, 0.3) is 0 Å². The summed E-state index contributed by atoms with van der Waals surface area (Å²) in [5, 5.41) is 3.02. The summed E-state index contributed by atoms with van der Waals surface area (Å²) in [6, 6.07) is 12.1. The Morgan fingerprint density at radius 3 is 2.76 bits per heavy atom. The molecule has 2 aromatic carbocycles. The maximum atomic E-state index is 13.5. The van der Waals surface area contributed by atoms with Crippen molar-refractivity contribution >= 4 is 17.7 Å². The maximum absolute atomic E-state index is 13.5. The van der Waals surface area contributed by atoms with E-state index in [4.69, 9.17) is 0 Å². The van der Waals surface area contributed by atoms with Gasteiger partial charge >= 0.3 is 0 Å². The van der Waals surface area contributed by atoms with E-state index in [-0.39, 0.29) is 17.8 Å². The second-order valence-corrected chi connectivity index (χ2v) is 6.35. The SMILES string of the molecule is Cc1ccc(C(=O)NC2CCSc3ccc(F)cc32)cc1. The van der Waals surface area contributed by atoms with Crippen LogP contribution in [0, 0.1) is 12.7 Å². The average molecular weight is 301 g/mol. The lowest BCUT2D eigenvalue weighted by atomic mass is 10.0. The van der Waals surface area contributed by atoms with Crippen LogP contribution in [0.2, 0.25) is 0 Å². The molecule has 0 radical (unpaired) electrons. The Bertz CT molecular complexity index is 669. The van der Waals surface area contributed by atoms with E-state index in [1.807, 2.05) is 31.2 Å². The van der Waals surface area contributed by atoms with E-state index >= 15 is 0 Å². The zero-order chi connectivity index (χ0) is 14.8. The fourth-order valence-corrected chi connectivity index (χ4v) is 3.57. The summed E-state index contributed by atoms with van der Waals surface area (Å²) in [6.45, 7) is 1.99. The normalized spacial score (nSPS) is 17.1. The number of halogens is 1. The van der Waals surface area contributed by atoms with Gasteiger partial charge < -0.3 is 5.32 Å². The molecule has 0 spiro atoms. The molecule has 1 unspecified atom stereocenters. The molecular formula is C17H16FNOS. The second-order valence-electron chi connectivity index (χ2n) is 5.21. The lowest BCUT2D eigenvalue weighted by Crippen LogP contribution is -2.30. The quantitative estimate of drug-likeness (QED) is 0.904. The van der Waals surface area contributed by atoms with Crippen LogP contribution in [0.3, 0.4) is 0 Å². The monoisotopic (exact) mass is 301 g/mol. The Hall–Kier alpha value is -1.81. The number of thioether (sulfide) groups is 1. The lowest BCUT2D eigenvalue weighted by Gasteiger charge is -2.26.